The number of anilines is 1. The Morgan fingerprint density at radius 3 is 2.82 bits per heavy atom. The van der Waals surface area contributed by atoms with Gasteiger partial charge in [-0.2, -0.15) is 0 Å². The second kappa shape index (κ2) is 9.54. The molecule has 1 aromatic rings. The molecule has 2 atom stereocenters. The first-order valence-electron chi connectivity index (χ1n) is 7.67. The van der Waals surface area contributed by atoms with E-state index >= 15 is 0 Å². The zero-order chi connectivity index (χ0) is 15.2. The van der Waals surface area contributed by atoms with Gasteiger partial charge in [0.15, 0.2) is 11.1 Å². The molecule has 0 bridgehead atoms. The maximum Gasteiger partial charge on any atom is 0.191 e. The van der Waals surface area contributed by atoms with Gasteiger partial charge in [-0.15, -0.1) is 35.3 Å². The van der Waals surface area contributed by atoms with Gasteiger partial charge in [-0.1, -0.05) is 19.8 Å². The lowest BCUT2D eigenvalue weighted by Crippen LogP contribution is -2.44. The van der Waals surface area contributed by atoms with Crippen LogP contribution in [0.5, 0.6) is 0 Å². The van der Waals surface area contributed by atoms with Crippen LogP contribution in [0.25, 0.3) is 0 Å². The van der Waals surface area contributed by atoms with E-state index in [1.807, 2.05) is 26.0 Å². The monoisotopic (exact) mass is 437 g/mol. The van der Waals surface area contributed by atoms with E-state index in [0.29, 0.717) is 12.6 Å². The number of aromatic nitrogens is 1. The van der Waals surface area contributed by atoms with Gasteiger partial charge in [-0.25, -0.2) is 4.98 Å². The Balaban J connectivity index is 0.00000242. The summed E-state index contributed by atoms with van der Waals surface area (Å²) in [5.74, 6) is 1.70. The van der Waals surface area contributed by atoms with Crippen LogP contribution in [0.3, 0.4) is 0 Å². The Morgan fingerprint density at radius 2 is 2.23 bits per heavy atom. The molecule has 2 rings (SSSR count). The van der Waals surface area contributed by atoms with Crippen molar-refractivity contribution in [3.8, 4) is 0 Å². The molecule has 1 saturated carbocycles. The second-order valence-corrected chi connectivity index (χ2v) is 6.89. The van der Waals surface area contributed by atoms with Crippen molar-refractivity contribution in [1.29, 1.82) is 0 Å². The molecule has 0 radical (unpaired) electrons. The molecule has 7 heteroatoms. The Morgan fingerprint density at radius 1 is 1.45 bits per heavy atom. The highest BCUT2D eigenvalue weighted by Gasteiger charge is 2.19. The normalized spacial score (nSPS) is 21.9. The number of guanidine groups is 1. The highest BCUT2D eigenvalue weighted by Crippen LogP contribution is 2.23. The zero-order valence-corrected chi connectivity index (χ0v) is 17.1. The molecule has 2 unspecified atom stereocenters. The van der Waals surface area contributed by atoms with Crippen molar-refractivity contribution in [3.63, 3.8) is 0 Å². The number of aliphatic imine (C=N–C) groups is 1. The molecule has 0 saturated heterocycles. The first kappa shape index (κ1) is 19.5. The summed E-state index contributed by atoms with van der Waals surface area (Å²) < 4.78 is 0. The van der Waals surface area contributed by atoms with Crippen molar-refractivity contribution in [2.75, 3.05) is 26.0 Å². The average Bonchev–Trinajstić information content (AvgIpc) is 2.92. The van der Waals surface area contributed by atoms with Crippen LogP contribution >= 0.6 is 35.3 Å². The van der Waals surface area contributed by atoms with E-state index in [4.69, 9.17) is 0 Å². The van der Waals surface area contributed by atoms with Gasteiger partial charge in [0.1, 0.15) is 0 Å². The summed E-state index contributed by atoms with van der Waals surface area (Å²) in [6.45, 7) is 3.05. The average molecular weight is 437 g/mol. The van der Waals surface area contributed by atoms with Gasteiger partial charge in [-0.05, 0) is 18.8 Å². The van der Waals surface area contributed by atoms with Gasteiger partial charge in [0, 0.05) is 32.6 Å². The van der Waals surface area contributed by atoms with E-state index < -0.39 is 0 Å². The molecular weight excluding hydrogens is 409 g/mol. The standard InChI is InChI=1S/C15H27N5S.HI/c1-11-6-5-7-12(8-11)18-14(16-2)17-9-13-10-21-15(19-13)20(3)4;/h10-12H,5-9H2,1-4H3,(H2,16,17,18);1H. The summed E-state index contributed by atoms with van der Waals surface area (Å²) in [5, 5.41) is 10.0. The van der Waals surface area contributed by atoms with Crippen molar-refractivity contribution < 1.29 is 0 Å². The van der Waals surface area contributed by atoms with Crippen LogP contribution in [0.4, 0.5) is 5.13 Å². The lowest BCUT2D eigenvalue weighted by Gasteiger charge is -2.28. The number of nitrogens with one attached hydrogen (secondary N) is 2. The fourth-order valence-electron chi connectivity index (χ4n) is 2.71. The van der Waals surface area contributed by atoms with E-state index in [1.54, 1.807) is 11.3 Å². The highest BCUT2D eigenvalue weighted by atomic mass is 127. The number of rotatable bonds is 4. The topological polar surface area (TPSA) is 52.6 Å². The first-order valence-corrected chi connectivity index (χ1v) is 8.55. The maximum absolute atomic E-state index is 4.57. The molecule has 0 aromatic carbocycles. The van der Waals surface area contributed by atoms with Crippen LogP contribution < -0.4 is 15.5 Å². The van der Waals surface area contributed by atoms with Gasteiger partial charge >= 0.3 is 0 Å². The fourth-order valence-corrected chi connectivity index (χ4v) is 3.47. The third-order valence-electron chi connectivity index (χ3n) is 3.86. The molecule has 1 aliphatic rings. The molecule has 1 heterocycles. The number of halogens is 1. The van der Waals surface area contributed by atoms with Crippen molar-refractivity contribution in [2.45, 2.75) is 45.2 Å². The van der Waals surface area contributed by atoms with E-state index in [2.05, 4.69) is 32.9 Å². The predicted octanol–water partition coefficient (Wildman–Crippen LogP) is 3.07. The second-order valence-electron chi connectivity index (χ2n) is 6.05. The van der Waals surface area contributed by atoms with Crippen LogP contribution in [0.15, 0.2) is 10.4 Å². The SMILES string of the molecule is CN=C(NCc1csc(N(C)C)n1)NC1CCCC(C)C1.I. The van der Waals surface area contributed by atoms with Crippen LogP contribution in [0.1, 0.15) is 38.3 Å². The van der Waals surface area contributed by atoms with E-state index in [1.165, 1.54) is 25.7 Å². The Kier molecular flexibility index (Phi) is 8.45. The number of nitrogens with zero attached hydrogens (tertiary/aromatic N) is 3. The molecule has 0 amide bonds. The maximum atomic E-state index is 4.57. The molecule has 1 fully saturated rings. The quantitative estimate of drug-likeness (QED) is 0.432. The molecular formula is C15H28IN5S. The van der Waals surface area contributed by atoms with Gasteiger partial charge < -0.3 is 15.5 Å². The van der Waals surface area contributed by atoms with Crippen LogP contribution in [0.2, 0.25) is 0 Å². The number of hydrogen-bond donors (Lipinski definition) is 2. The fraction of sp³-hybridized carbons (Fsp3) is 0.733. The Labute approximate surface area is 155 Å². The highest BCUT2D eigenvalue weighted by molar-refractivity contribution is 14.0. The summed E-state index contributed by atoms with van der Waals surface area (Å²) in [7, 11) is 5.86. The van der Waals surface area contributed by atoms with Crippen molar-refractivity contribution >= 4 is 46.4 Å². The minimum atomic E-state index is 0. The summed E-state index contributed by atoms with van der Waals surface area (Å²) in [6.07, 6.45) is 5.15. The largest absolute Gasteiger partial charge is 0.354 e. The lowest BCUT2D eigenvalue weighted by molar-refractivity contribution is 0.324. The molecule has 0 spiro atoms. The van der Waals surface area contributed by atoms with Crippen LogP contribution in [0, 0.1) is 5.92 Å². The van der Waals surface area contributed by atoms with Gasteiger partial charge in [0.25, 0.3) is 0 Å². The summed E-state index contributed by atoms with van der Waals surface area (Å²) in [4.78, 5) is 10.9. The minimum absolute atomic E-state index is 0. The summed E-state index contributed by atoms with van der Waals surface area (Å²) >= 11 is 1.67. The van der Waals surface area contributed by atoms with E-state index in [9.17, 15) is 0 Å². The molecule has 0 aliphatic heterocycles. The molecule has 5 nitrogen and oxygen atoms in total. The minimum Gasteiger partial charge on any atom is -0.354 e. The van der Waals surface area contributed by atoms with Crippen molar-refractivity contribution in [3.05, 3.63) is 11.1 Å². The molecule has 1 aromatic heterocycles. The van der Waals surface area contributed by atoms with E-state index in [0.717, 1.165) is 22.7 Å². The van der Waals surface area contributed by atoms with Crippen molar-refractivity contribution in [1.82, 2.24) is 15.6 Å². The summed E-state index contributed by atoms with van der Waals surface area (Å²) in [5.41, 5.74) is 1.06. The number of hydrogen-bond acceptors (Lipinski definition) is 4. The molecule has 2 N–H and O–H groups in total. The lowest BCUT2D eigenvalue weighted by atomic mass is 9.87. The summed E-state index contributed by atoms with van der Waals surface area (Å²) in [6, 6.07) is 0.549. The van der Waals surface area contributed by atoms with Gasteiger partial charge in [0.05, 0.1) is 12.2 Å². The third-order valence-corrected chi connectivity index (χ3v) is 4.92. The zero-order valence-electron chi connectivity index (χ0n) is 13.9. The van der Waals surface area contributed by atoms with Crippen LogP contribution in [-0.2, 0) is 6.54 Å². The first-order chi connectivity index (χ1) is 10.1. The van der Waals surface area contributed by atoms with Gasteiger partial charge in [-0.3, -0.25) is 4.99 Å². The van der Waals surface area contributed by atoms with E-state index in [-0.39, 0.29) is 24.0 Å². The van der Waals surface area contributed by atoms with Crippen LogP contribution in [-0.4, -0.2) is 38.1 Å². The van der Waals surface area contributed by atoms with Crippen molar-refractivity contribution in [2.24, 2.45) is 10.9 Å². The Hall–Kier alpha value is -0.570. The van der Waals surface area contributed by atoms with Gasteiger partial charge in [0.2, 0.25) is 0 Å². The molecule has 126 valence electrons. The predicted molar refractivity (Wildman–Crippen MR) is 107 cm³/mol. The molecule has 1 aliphatic carbocycles. The number of thiazole rings is 1. The third kappa shape index (κ3) is 5.91. The Bertz CT molecular complexity index is 474. The smallest absolute Gasteiger partial charge is 0.191 e. The molecule has 22 heavy (non-hydrogen) atoms.